The second-order valence-electron chi connectivity index (χ2n) is 8.20. The number of nitrogens with one attached hydrogen (secondary N) is 2. The van der Waals surface area contributed by atoms with Gasteiger partial charge in [0, 0.05) is 35.7 Å². The van der Waals surface area contributed by atoms with Crippen LogP contribution < -0.4 is 16.4 Å². The quantitative estimate of drug-likeness (QED) is 0.428. The maximum absolute atomic E-state index is 15.0. The molecule has 5 N–H and O–H groups in total. The number of carbonyl (C=O) groups excluding carboxylic acids is 2. The minimum atomic E-state index is -0.738. The molecule has 1 aliphatic heterocycles. The summed E-state index contributed by atoms with van der Waals surface area (Å²) in [7, 11) is 0. The molecule has 4 rings (SSSR count). The number of carbonyl (C=O) groups is 2. The largest absolute Gasteiger partial charge is 0.394 e. The second kappa shape index (κ2) is 10.2. The first kappa shape index (κ1) is 23.7. The maximum atomic E-state index is 15.0. The molecule has 0 bridgehead atoms. The number of halogens is 2. The summed E-state index contributed by atoms with van der Waals surface area (Å²) in [6, 6.07) is 12.1. The van der Waals surface area contributed by atoms with Crippen molar-refractivity contribution in [1.82, 2.24) is 15.6 Å². The van der Waals surface area contributed by atoms with Crippen LogP contribution in [0.3, 0.4) is 0 Å². The van der Waals surface area contributed by atoms with Gasteiger partial charge in [0.15, 0.2) is 0 Å². The van der Waals surface area contributed by atoms with Crippen molar-refractivity contribution in [3.05, 3.63) is 82.3 Å². The predicted molar refractivity (Wildman–Crippen MR) is 128 cm³/mol. The molecule has 1 aliphatic rings. The Hall–Kier alpha value is -3.49. The monoisotopic (exact) mass is 482 g/mol. The van der Waals surface area contributed by atoms with Gasteiger partial charge in [0.1, 0.15) is 11.6 Å². The molecule has 0 radical (unpaired) electrons. The number of rotatable bonds is 6. The van der Waals surface area contributed by atoms with Gasteiger partial charge in [0.05, 0.1) is 18.2 Å². The van der Waals surface area contributed by atoms with Crippen LogP contribution in [0.5, 0.6) is 0 Å². The highest BCUT2D eigenvalue weighted by Gasteiger charge is 2.22. The molecular formula is C25H24ClFN4O3. The van der Waals surface area contributed by atoms with Gasteiger partial charge in [-0.15, -0.1) is 0 Å². The summed E-state index contributed by atoms with van der Waals surface area (Å²) in [6.45, 7) is 0.137. The van der Waals surface area contributed by atoms with Crippen LogP contribution in [0.25, 0.3) is 11.1 Å². The fourth-order valence-corrected chi connectivity index (χ4v) is 4.22. The Bertz CT molecular complexity index is 1230. The molecule has 3 aromatic rings. The zero-order valence-corrected chi connectivity index (χ0v) is 19.0. The molecule has 34 heavy (non-hydrogen) atoms. The first-order valence-corrected chi connectivity index (χ1v) is 11.2. The Labute approximate surface area is 201 Å². The van der Waals surface area contributed by atoms with Gasteiger partial charge in [-0.2, -0.15) is 0 Å². The van der Waals surface area contributed by atoms with Crippen molar-refractivity contribution in [2.75, 3.05) is 18.9 Å². The van der Waals surface area contributed by atoms with E-state index in [9.17, 15) is 19.1 Å². The van der Waals surface area contributed by atoms with E-state index in [-0.39, 0.29) is 29.8 Å². The number of amides is 2. The molecule has 2 aromatic carbocycles. The molecule has 2 amide bonds. The van der Waals surface area contributed by atoms with Gasteiger partial charge in [-0.05, 0) is 53.4 Å². The summed E-state index contributed by atoms with van der Waals surface area (Å²) in [5.41, 5.74) is 8.43. The van der Waals surface area contributed by atoms with Gasteiger partial charge in [-0.1, -0.05) is 29.8 Å². The first-order valence-electron chi connectivity index (χ1n) is 10.8. The van der Waals surface area contributed by atoms with E-state index in [0.717, 1.165) is 5.56 Å². The van der Waals surface area contributed by atoms with Gasteiger partial charge in [0.25, 0.3) is 5.91 Å². The van der Waals surface area contributed by atoms with E-state index in [1.54, 1.807) is 36.5 Å². The highest BCUT2D eigenvalue weighted by Crippen LogP contribution is 2.31. The molecule has 176 valence electrons. The number of nitrogens with zero attached hydrogens (tertiary/aromatic N) is 1. The van der Waals surface area contributed by atoms with Crippen LogP contribution in [-0.2, 0) is 4.79 Å². The van der Waals surface area contributed by atoms with Crippen molar-refractivity contribution in [2.45, 2.75) is 24.8 Å². The third kappa shape index (κ3) is 5.18. The average Bonchev–Trinajstić information content (AvgIpc) is 2.83. The molecule has 0 saturated carbocycles. The van der Waals surface area contributed by atoms with E-state index < -0.39 is 17.8 Å². The molecule has 0 spiro atoms. The normalized spacial score (nSPS) is 16.6. The van der Waals surface area contributed by atoms with Crippen molar-refractivity contribution in [2.24, 2.45) is 0 Å². The van der Waals surface area contributed by atoms with Gasteiger partial charge in [-0.3, -0.25) is 9.59 Å². The van der Waals surface area contributed by atoms with Crippen LogP contribution in [-0.4, -0.2) is 35.1 Å². The van der Waals surface area contributed by atoms with Crippen LogP contribution in [0.2, 0.25) is 5.02 Å². The minimum absolute atomic E-state index is 0.0228. The standard InChI is InChI=1S/C25H24ClFN4O3/c26-18-3-1-2-15(8-18)22(13-32)31-25(34)19-6-4-14(10-21(19)27)20-9-17(12-30-24(20)28)16-5-7-23(33)29-11-16/h1-4,6,8-10,12,16,22,32H,5,7,11,13H2,(H2,28,30)(H,29,33)(H,31,34)/t16?,22-/m1/s1. The van der Waals surface area contributed by atoms with Crippen molar-refractivity contribution in [3.8, 4) is 11.1 Å². The lowest BCUT2D eigenvalue weighted by Crippen LogP contribution is -2.33. The van der Waals surface area contributed by atoms with E-state index in [0.29, 0.717) is 41.1 Å². The molecule has 1 aromatic heterocycles. The highest BCUT2D eigenvalue weighted by atomic mass is 35.5. The van der Waals surface area contributed by atoms with Crippen molar-refractivity contribution >= 4 is 29.2 Å². The number of nitrogen functional groups attached to an aromatic ring is 1. The number of aliphatic hydroxyl groups excluding tert-OH is 1. The molecule has 1 unspecified atom stereocenters. The van der Waals surface area contributed by atoms with Crippen LogP contribution in [0.4, 0.5) is 10.2 Å². The zero-order valence-electron chi connectivity index (χ0n) is 18.2. The lowest BCUT2D eigenvalue weighted by atomic mass is 9.90. The van der Waals surface area contributed by atoms with E-state index in [4.69, 9.17) is 17.3 Å². The molecule has 2 atom stereocenters. The number of aromatic nitrogens is 1. The lowest BCUT2D eigenvalue weighted by molar-refractivity contribution is -0.122. The summed E-state index contributed by atoms with van der Waals surface area (Å²) in [4.78, 5) is 28.4. The molecular weight excluding hydrogens is 459 g/mol. The lowest BCUT2D eigenvalue weighted by Gasteiger charge is -2.23. The van der Waals surface area contributed by atoms with Crippen LogP contribution in [0.1, 0.15) is 46.3 Å². The Morgan fingerprint density at radius 2 is 2.12 bits per heavy atom. The van der Waals surface area contributed by atoms with E-state index in [1.807, 2.05) is 6.07 Å². The van der Waals surface area contributed by atoms with Gasteiger partial charge in [-0.25, -0.2) is 9.37 Å². The van der Waals surface area contributed by atoms with Crippen LogP contribution in [0, 0.1) is 5.82 Å². The third-order valence-electron chi connectivity index (χ3n) is 5.94. The predicted octanol–water partition coefficient (Wildman–Crippen LogP) is 3.58. The molecule has 7 nitrogen and oxygen atoms in total. The number of piperidine rings is 1. The summed E-state index contributed by atoms with van der Waals surface area (Å²) in [6.07, 6.45) is 2.81. The number of pyridine rings is 1. The molecule has 1 saturated heterocycles. The summed E-state index contributed by atoms with van der Waals surface area (Å²) >= 11 is 5.99. The average molecular weight is 483 g/mol. The van der Waals surface area contributed by atoms with Gasteiger partial charge in [0.2, 0.25) is 5.91 Å². The zero-order chi connectivity index (χ0) is 24.2. The van der Waals surface area contributed by atoms with E-state index >= 15 is 0 Å². The number of nitrogens with two attached hydrogens (primary N) is 1. The minimum Gasteiger partial charge on any atom is -0.394 e. The fourth-order valence-electron chi connectivity index (χ4n) is 4.02. The van der Waals surface area contributed by atoms with E-state index in [1.165, 1.54) is 12.1 Å². The second-order valence-corrected chi connectivity index (χ2v) is 8.64. The van der Waals surface area contributed by atoms with Crippen molar-refractivity contribution in [1.29, 1.82) is 0 Å². The van der Waals surface area contributed by atoms with Gasteiger partial charge < -0.3 is 21.5 Å². The Kier molecular flexibility index (Phi) is 7.09. The summed E-state index contributed by atoms with van der Waals surface area (Å²) in [5.74, 6) is -1.04. The third-order valence-corrected chi connectivity index (χ3v) is 6.18. The van der Waals surface area contributed by atoms with Gasteiger partial charge >= 0.3 is 0 Å². The Morgan fingerprint density at radius 1 is 1.29 bits per heavy atom. The van der Waals surface area contributed by atoms with Crippen LogP contribution in [0.15, 0.2) is 54.7 Å². The molecule has 2 heterocycles. The number of benzene rings is 2. The maximum Gasteiger partial charge on any atom is 0.254 e. The van der Waals surface area contributed by atoms with Crippen LogP contribution >= 0.6 is 11.6 Å². The van der Waals surface area contributed by atoms with Crippen molar-refractivity contribution in [3.63, 3.8) is 0 Å². The summed E-state index contributed by atoms with van der Waals surface area (Å²) in [5, 5.41) is 15.6. The Balaban J connectivity index is 1.55. The number of hydrogen-bond acceptors (Lipinski definition) is 5. The highest BCUT2D eigenvalue weighted by molar-refractivity contribution is 6.30. The van der Waals surface area contributed by atoms with Crippen molar-refractivity contribution < 1.29 is 19.1 Å². The SMILES string of the molecule is Nc1ncc(C2CCC(=O)NC2)cc1-c1ccc(C(=O)N[C@H](CO)c2cccc(Cl)c2)c(F)c1. The summed E-state index contributed by atoms with van der Waals surface area (Å²) < 4.78 is 15.0. The topological polar surface area (TPSA) is 117 Å². The molecule has 1 fully saturated rings. The van der Waals surface area contributed by atoms with E-state index in [2.05, 4.69) is 15.6 Å². The smallest absolute Gasteiger partial charge is 0.254 e. The fraction of sp³-hybridized carbons (Fsp3) is 0.240. The number of aliphatic hydroxyl groups is 1. The molecule has 0 aliphatic carbocycles. The number of hydrogen-bond donors (Lipinski definition) is 4. The number of anilines is 1. The Morgan fingerprint density at radius 3 is 2.79 bits per heavy atom. The molecule has 9 heteroatoms. The first-order chi connectivity index (χ1) is 16.4.